The third kappa shape index (κ3) is 3.19. The van der Waals surface area contributed by atoms with E-state index < -0.39 is 0 Å². The number of hydrogen-bond acceptors (Lipinski definition) is 3. The van der Waals surface area contributed by atoms with Crippen LogP contribution in [0.3, 0.4) is 0 Å². The van der Waals surface area contributed by atoms with Crippen molar-refractivity contribution in [2.75, 3.05) is 6.61 Å². The van der Waals surface area contributed by atoms with Crippen LogP contribution in [-0.2, 0) is 6.54 Å². The van der Waals surface area contributed by atoms with Gasteiger partial charge in [0.25, 0.3) is 0 Å². The molecule has 1 aliphatic rings. The first kappa shape index (κ1) is 12.4. The van der Waals surface area contributed by atoms with E-state index in [4.69, 9.17) is 10.5 Å². The summed E-state index contributed by atoms with van der Waals surface area (Å²) in [7, 11) is 0. The van der Waals surface area contributed by atoms with Crippen molar-refractivity contribution in [2.45, 2.75) is 45.6 Å². The number of rotatable bonds is 4. The summed E-state index contributed by atoms with van der Waals surface area (Å²) in [5, 5.41) is 0. The molecular weight excluding hydrogens is 212 g/mol. The Kier molecular flexibility index (Phi) is 4.37. The first-order chi connectivity index (χ1) is 8.31. The number of aryl methyl sites for hydroxylation is 1. The molecule has 3 nitrogen and oxygen atoms in total. The Hall–Kier alpha value is -1.09. The lowest BCUT2D eigenvalue weighted by Crippen LogP contribution is -2.17. The van der Waals surface area contributed by atoms with Gasteiger partial charge in [-0.25, -0.2) is 4.98 Å². The van der Waals surface area contributed by atoms with Crippen LogP contribution >= 0.6 is 0 Å². The maximum atomic E-state index is 5.86. The molecule has 17 heavy (non-hydrogen) atoms. The van der Waals surface area contributed by atoms with Gasteiger partial charge in [0.15, 0.2) is 0 Å². The third-order valence-electron chi connectivity index (χ3n) is 3.64. The first-order valence-corrected chi connectivity index (χ1v) is 6.58. The standard InChI is InChI=1S/C14H22N2O/c1-11-7-8-16-14(13(11)9-15)17-10-12-5-3-2-4-6-12/h7-8,12H,2-6,9-10,15H2,1H3. The van der Waals surface area contributed by atoms with Crippen LogP contribution < -0.4 is 10.5 Å². The van der Waals surface area contributed by atoms with Crippen molar-refractivity contribution in [1.82, 2.24) is 4.98 Å². The molecule has 0 bridgehead atoms. The quantitative estimate of drug-likeness (QED) is 0.871. The van der Waals surface area contributed by atoms with Crippen molar-refractivity contribution >= 4 is 0 Å². The lowest BCUT2D eigenvalue weighted by Gasteiger charge is -2.22. The highest BCUT2D eigenvalue weighted by Gasteiger charge is 2.15. The highest BCUT2D eigenvalue weighted by atomic mass is 16.5. The van der Waals surface area contributed by atoms with Gasteiger partial charge in [0.05, 0.1) is 6.61 Å². The maximum absolute atomic E-state index is 5.86. The molecule has 1 aromatic heterocycles. The summed E-state index contributed by atoms with van der Waals surface area (Å²) >= 11 is 0. The monoisotopic (exact) mass is 234 g/mol. The average molecular weight is 234 g/mol. The molecule has 0 unspecified atom stereocenters. The summed E-state index contributed by atoms with van der Waals surface area (Å²) < 4.78 is 5.86. The van der Waals surface area contributed by atoms with Gasteiger partial charge in [-0.05, 0) is 37.3 Å². The zero-order chi connectivity index (χ0) is 12.1. The van der Waals surface area contributed by atoms with Crippen molar-refractivity contribution in [3.63, 3.8) is 0 Å². The fraction of sp³-hybridized carbons (Fsp3) is 0.643. The molecular formula is C14H22N2O. The van der Waals surface area contributed by atoms with E-state index in [1.165, 1.54) is 37.7 Å². The second-order valence-corrected chi connectivity index (χ2v) is 4.93. The third-order valence-corrected chi connectivity index (χ3v) is 3.64. The van der Waals surface area contributed by atoms with Crippen LogP contribution in [0.15, 0.2) is 12.3 Å². The molecule has 0 aliphatic heterocycles. The summed E-state index contributed by atoms with van der Waals surface area (Å²) in [6.45, 7) is 3.35. The summed E-state index contributed by atoms with van der Waals surface area (Å²) in [5.41, 5.74) is 7.95. The normalized spacial score (nSPS) is 17.1. The Morgan fingerprint density at radius 1 is 1.35 bits per heavy atom. The van der Waals surface area contributed by atoms with E-state index in [0.29, 0.717) is 12.5 Å². The van der Waals surface area contributed by atoms with Crippen molar-refractivity contribution in [3.05, 3.63) is 23.4 Å². The van der Waals surface area contributed by atoms with Crippen LogP contribution in [0.2, 0.25) is 0 Å². The second-order valence-electron chi connectivity index (χ2n) is 4.93. The van der Waals surface area contributed by atoms with E-state index in [9.17, 15) is 0 Å². The van der Waals surface area contributed by atoms with E-state index >= 15 is 0 Å². The molecule has 2 rings (SSSR count). The molecule has 0 radical (unpaired) electrons. The predicted molar refractivity (Wildman–Crippen MR) is 68.9 cm³/mol. The Balaban J connectivity index is 1.95. The minimum Gasteiger partial charge on any atom is -0.477 e. The molecule has 1 saturated carbocycles. The van der Waals surface area contributed by atoms with Crippen molar-refractivity contribution in [3.8, 4) is 5.88 Å². The number of hydrogen-bond donors (Lipinski definition) is 1. The number of nitrogens with two attached hydrogens (primary N) is 1. The summed E-state index contributed by atoms with van der Waals surface area (Å²) in [6, 6.07) is 1.98. The summed E-state index contributed by atoms with van der Waals surface area (Å²) in [4.78, 5) is 4.29. The Morgan fingerprint density at radius 3 is 2.82 bits per heavy atom. The molecule has 2 N–H and O–H groups in total. The molecule has 0 amide bonds. The number of nitrogens with zero attached hydrogens (tertiary/aromatic N) is 1. The molecule has 0 atom stereocenters. The zero-order valence-corrected chi connectivity index (χ0v) is 10.6. The minimum atomic E-state index is 0.500. The van der Waals surface area contributed by atoms with E-state index in [1.54, 1.807) is 6.20 Å². The molecule has 0 spiro atoms. The fourth-order valence-corrected chi connectivity index (χ4v) is 2.49. The second kappa shape index (κ2) is 6.01. The predicted octanol–water partition coefficient (Wildman–Crippen LogP) is 2.81. The van der Waals surface area contributed by atoms with Crippen LogP contribution in [0.4, 0.5) is 0 Å². The van der Waals surface area contributed by atoms with Gasteiger partial charge in [0, 0.05) is 18.3 Å². The van der Waals surface area contributed by atoms with Gasteiger partial charge < -0.3 is 10.5 Å². The van der Waals surface area contributed by atoms with Crippen molar-refractivity contribution < 1.29 is 4.74 Å². The number of pyridine rings is 1. The molecule has 94 valence electrons. The fourth-order valence-electron chi connectivity index (χ4n) is 2.49. The largest absolute Gasteiger partial charge is 0.477 e. The van der Waals surface area contributed by atoms with Crippen molar-refractivity contribution in [1.29, 1.82) is 0 Å². The molecule has 1 fully saturated rings. The van der Waals surface area contributed by atoms with Crippen LogP contribution in [0, 0.1) is 12.8 Å². The Bertz CT molecular complexity index is 359. The topological polar surface area (TPSA) is 48.1 Å². The SMILES string of the molecule is Cc1ccnc(OCC2CCCCC2)c1CN. The Labute approximate surface area is 103 Å². The summed E-state index contributed by atoms with van der Waals surface area (Å²) in [5.74, 6) is 1.44. The van der Waals surface area contributed by atoms with Gasteiger partial charge in [-0.2, -0.15) is 0 Å². The lowest BCUT2D eigenvalue weighted by molar-refractivity contribution is 0.201. The van der Waals surface area contributed by atoms with Crippen LogP contribution in [0.1, 0.15) is 43.2 Å². The zero-order valence-electron chi connectivity index (χ0n) is 10.6. The van der Waals surface area contributed by atoms with Gasteiger partial charge in [0.2, 0.25) is 5.88 Å². The molecule has 0 aromatic carbocycles. The van der Waals surface area contributed by atoms with Crippen LogP contribution in [-0.4, -0.2) is 11.6 Å². The Morgan fingerprint density at radius 2 is 2.12 bits per heavy atom. The van der Waals surface area contributed by atoms with Gasteiger partial charge in [0.1, 0.15) is 0 Å². The number of aromatic nitrogens is 1. The van der Waals surface area contributed by atoms with Gasteiger partial charge >= 0.3 is 0 Å². The first-order valence-electron chi connectivity index (χ1n) is 6.58. The van der Waals surface area contributed by atoms with Gasteiger partial charge in [-0.1, -0.05) is 19.3 Å². The van der Waals surface area contributed by atoms with Gasteiger partial charge in [-0.15, -0.1) is 0 Å². The van der Waals surface area contributed by atoms with E-state index in [0.717, 1.165) is 18.1 Å². The molecule has 1 aromatic rings. The molecule has 1 heterocycles. The van der Waals surface area contributed by atoms with E-state index in [1.807, 2.05) is 6.07 Å². The van der Waals surface area contributed by atoms with E-state index in [-0.39, 0.29) is 0 Å². The van der Waals surface area contributed by atoms with Crippen molar-refractivity contribution in [2.24, 2.45) is 11.7 Å². The smallest absolute Gasteiger partial charge is 0.218 e. The lowest BCUT2D eigenvalue weighted by atomic mass is 9.90. The molecule has 1 aliphatic carbocycles. The summed E-state index contributed by atoms with van der Waals surface area (Å²) in [6.07, 6.45) is 8.46. The van der Waals surface area contributed by atoms with E-state index in [2.05, 4.69) is 11.9 Å². The van der Waals surface area contributed by atoms with Crippen LogP contribution in [0.25, 0.3) is 0 Å². The van der Waals surface area contributed by atoms with Gasteiger partial charge in [-0.3, -0.25) is 0 Å². The maximum Gasteiger partial charge on any atom is 0.218 e. The van der Waals surface area contributed by atoms with Crippen LogP contribution in [0.5, 0.6) is 5.88 Å². The number of ether oxygens (including phenoxy) is 1. The molecule has 3 heteroatoms. The minimum absolute atomic E-state index is 0.500. The highest BCUT2D eigenvalue weighted by molar-refractivity contribution is 5.33. The average Bonchev–Trinajstić information content (AvgIpc) is 2.37. The highest BCUT2D eigenvalue weighted by Crippen LogP contribution is 2.25. The molecule has 0 saturated heterocycles.